The zero-order valence-corrected chi connectivity index (χ0v) is 24.9. The molecule has 0 aromatic rings. The molecule has 8 unspecified atom stereocenters. The summed E-state index contributed by atoms with van der Waals surface area (Å²) in [5.74, 6) is 4.62. The maximum atomic E-state index is 14.2. The fraction of sp³-hybridized carbons (Fsp3) is 0.941. The Hall–Kier alpha value is -1.06. The van der Waals surface area contributed by atoms with Crippen LogP contribution in [0.1, 0.15) is 130 Å². The minimum atomic E-state index is -0.0694. The number of nitrogens with zero attached hydrogens (tertiary/aromatic N) is 2. The summed E-state index contributed by atoms with van der Waals surface area (Å²) in [6.45, 7) is 11.3. The first kappa shape index (κ1) is 27.1. The average molecular weight is 525 g/mol. The van der Waals surface area contributed by atoms with Gasteiger partial charge in [-0.3, -0.25) is 9.59 Å². The maximum absolute atomic E-state index is 14.2. The van der Waals surface area contributed by atoms with Crippen molar-refractivity contribution in [3.8, 4) is 0 Å². The molecule has 38 heavy (non-hydrogen) atoms. The van der Waals surface area contributed by atoms with E-state index < -0.39 is 0 Å². The second-order valence-corrected chi connectivity index (χ2v) is 16.1. The van der Waals surface area contributed by atoms with Crippen molar-refractivity contribution >= 4 is 11.8 Å². The molecule has 214 valence electrons. The lowest BCUT2D eigenvalue weighted by molar-refractivity contribution is -0.155. The molecule has 4 bridgehead atoms. The molecule has 0 aromatic heterocycles. The molecular weight excluding hydrogens is 468 g/mol. The Kier molecular flexibility index (Phi) is 7.43. The summed E-state index contributed by atoms with van der Waals surface area (Å²) in [6.07, 6.45) is 20.6. The Labute approximate surface area is 233 Å². The van der Waals surface area contributed by atoms with Gasteiger partial charge in [-0.15, -0.1) is 0 Å². The molecule has 2 amide bonds. The number of amides is 2. The molecule has 0 N–H and O–H groups in total. The molecule has 4 nitrogen and oxygen atoms in total. The van der Waals surface area contributed by atoms with Crippen molar-refractivity contribution in [3.63, 3.8) is 0 Å². The number of carbonyl (C=O) groups is 2. The highest BCUT2D eigenvalue weighted by Crippen LogP contribution is 2.57. The molecule has 6 aliphatic rings. The predicted octanol–water partition coefficient (Wildman–Crippen LogP) is 7.46. The van der Waals surface area contributed by atoms with Crippen molar-refractivity contribution in [3.05, 3.63) is 0 Å². The third-order valence-electron chi connectivity index (χ3n) is 12.6. The molecule has 4 aliphatic carbocycles. The first-order valence-electron chi connectivity index (χ1n) is 16.8. The third kappa shape index (κ3) is 5.09. The molecular formula is C34H56N2O2. The van der Waals surface area contributed by atoms with Crippen LogP contribution >= 0.6 is 0 Å². The minimum Gasteiger partial charge on any atom is -0.342 e. The van der Waals surface area contributed by atoms with Crippen molar-refractivity contribution < 1.29 is 9.59 Å². The van der Waals surface area contributed by atoms with Crippen LogP contribution in [0.15, 0.2) is 0 Å². The molecule has 0 aromatic carbocycles. The normalized spacial score (nSPS) is 45.5. The van der Waals surface area contributed by atoms with E-state index in [2.05, 4.69) is 30.6 Å². The fourth-order valence-corrected chi connectivity index (χ4v) is 11.3. The summed E-state index contributed by atoms with van der Waals surface area (Å²) in [6, 6.07) is 0. The molecule has 4 heteroatoms. The second kappa shape index (κ2) is 10.4. The fourth-order valence-electron chi connectivity index (χ4n) is 11.3. The third-order valence-corrected chi connectivity index (χ3v) is 12.6. The van der Waals surface area contributed by atoms with Crippen molar-refractivity contribution in [2.24, 2.45) is 45.8 Å². The van der Waals surface area contributed by atoms with Gasteiger partial charge in [-0.25, -0.2) is 0 Å². The standard InChI is InChI=1S/C34H56N2O2/c1-25-17-27-9-7-12-33(19-25,21-27)31(38)36-16-8-11-32(3,24-36)22-28-10-13-34(20-26(2)18-29(28)23-34)30(37)35-14-5-4-6-15-35/h25-29H,4-24H2,1-3H3. The van der Waals surface area contributed by atoms with Gasteiger partial charge in [-0.2, -0.15) is 0 Å². The lowest BCUT2D eigenvalue weighted by Gasteiger charge is -2.54. The van der Waals surface area contributed by atoms with Gasteiger partial charge in [0.15, 0.2) is 0 Å². The number of hydrogen-bond acceptors (Lipinski definition) is 2. The molecule has 6 fully saturated rings. The van der Waals surface area contributed by atoms with E-state index in [1.807, 2.05) is 0 Å². The molecule has 2 heterocycles. The van der Waals surface area contributed by atoms with Crippen LogP contribution in [0.3, 0.4) is 0 Å². The zero-order chi connectivity index (χ0) is 26.5. The number of fused-ring (bicyclic) bond motifs is 4. The second-order valence-electron chi connectivity index (χ2n) is 16.1. The van der Waals surface area contributed by atoms with E-state index in [1.165, 1.54) is 77.0 Å². The number of rotatable bonds is 4. The highest BCUT2D eigenvalue weighted by atomic mass is 16.2. The van der Waals surface area contributed by atoms with E-state index in [9.17, 15) is 9.59 Å². The zero-order valence-electron chi connectivity index (χ0n) is 24.9. The number of hydrogen-bond donors (Lipinski definition) is 0. The maximum Gasteiger partial charge on any atom is 0.228 e. The van der Waals surface area contributed by atoms with E-state index >= 15 is 0 Å². The van der Waals surface area contributed by atoms with Crippen molar-refractivity contribution in [2.75, 3.05) is 26.2 Å². The Morgan fingerprint density at radius 2 is 1.39 bits per heavy atom. The van der Waals surface area contributed by atoms with Gasteiger partial charge in [0.05, 0.1) is 0 Å². The van der Waals surface area contributed by atoms with Gasteiger partial charge in [0.2, 0.25) is 11.8 Å². The molecule has 0 spiro atoms. The van der Waals surface area contributed by atoms with Crippen LogP contribution < -0.4 is 0 Å². The Morgan fingerprint density at radius 3 is 2.18 bits per heavy atom. The van der Waals surface area contributed by atoms with Crippen LogP contribution in [0.5, 0.6) is 0 Å². The molecule has 8 atom stereocenters. The first-order valence-corrected chi connectivity index (χ1v) is 16.8. The summed E-state index contributed by atoms with van der Waals surface area (Å²) in [5.41, 5.74) is 0.123. The van der Waals surface area contributed by atoms with Crippen LogP contribution in [-0.4, -0.2) is 47.8 Å². The van der Waals surface area contributed by atoms with E-state index in [0.29, 0.717) is 29.6 Å². The van der Waals surface area contributed by atoms with Crippen LogP contribution in [0.2, 0.25) is 0 Å². The monoisotopic (exact) mass is 524 g/mol. The molecule has 2 saturated heterocycles. The Balaban J connectivity index is 1.13. The SMILES string of the molecule is CC1CC2CCCC(C(=O)N3CCCC(C)(CC4CCC5(C(=O)N6CCCCC6)CC(C)CC4C5)C3)(C1)C2. The van der Waals surface area contributed by atoms with E-state index in [1.54, 1.807) is 0 Å². The number of piperidine rings is 2. The summed E-state index contributed by atoms with van der Waals surface area (Å²) in [7, 11) is 0. The molecule has 6 rings (SSSR count). The smallest absolute Gasteiger partial charge is 0.228 e. The topological polar surface area (TPSA) is 40.6 Å². The summed E-state index contributed by atoms with van der Waals surface area (Å²) in [4.78, 5) is 32.6. The van der Waals surface area contributed by atoms with Crippen LogP contribution in [0.4, 0.5) is 0 Å². The summed E-state index contributed by atoms with van der Waals surface area (Å²) < 4.78 is 0. The van der Waals surface area contributed by atoms with Gasteiger partial charge < -0.3 is 9.80 Å². The molecule has 2 aliphatic heterocycles. The van der Waals surface area contributed by atoms with Gasteiger partial charge in [0.25, 0.3) is 0 Å². The van der Waals surface area contributed by atoms with Crippen molar-refractivity contribution in [2.45, 2.75) is 130 Å². The Bertz CT molecular complexity index is 893. The molecule has 4 saturated carbocycles. The van der Waals surface area contributed by atoms with Gasteiger partial charge >= 0.3 is 0 Å². The number of likely N-dealkylation sites (tertiary alicyclic amines) is 2. The van der Waals surface area contributed by atoms with E-state index in [-0.39, 0.29) is 16.2 Å². The van der Waals surface area contributed by atoms with Crippen LogP contribution in [-0.2, 0) is 9.59 Å². The largest absolute Gasteiger partial charge is 0.342 e. The van der Waals surface area contributed by atoms with Crippen LogP contribution in [0, 0.1) is 45.8 Å². The summed E-state index contributed by atoms with van der Waals surface area (Å²) in [5, 5.41) is 0. The quantitative estimate of drug-likeness (QED) is 0.383. The average Bonchev–Trinajstić information content (AvgIpc) is 2.89. The van der Waals surface area contributed by atoms with E-state index in [0.717, 1.165) is 70.1 Å². The van der Waals surface area contributed by atoms with Gasteiger partial charge in [-0.05, 0) is 131 Å². The highest BCUT2D eigenvalue weighted by Gasteiger charge is 2.53. The lowest BCUT2D eigenvalue weighted by atomic mass is 9.53. The van der Waals surface area contributed by atoms with Gasteiger partial charge in [0, 0.05) is 37.0 Å². The summed E-state index contributed by atoms with van der Waals surface area (Å²) >= 11 is 0. The van der Waals surface area contributed by atoms with Crippen molar-refractivity contribution in [1.82, 2.24) is 9.80 Å². The van der Waals surface area contributed by atoms with Crippen molar-refractivity contribution in [1.29, 1.82) is 0 Å². The highest BCUT2D eigenvalue weighted by molar-refractivity contribution is 5.84. The Morgan fingerprint density at radius 1 is 0.711 bits per heavy atom. The minimum absolute atomic E-state index is 0.0448. The number of carbonyl (C=O) groups excluding carboxylic acids is 2. The lowest BCUT2D eigenvalue weighted by Crippen LogP contribution is -2.55. The predicted molar refractivity (Wildman–Crippen MR) is 153 cm³/mol. The van der Waals surface area contributed by atoms with Crippen LogP contribution in [0.25, 0.3) is 0 Å². The van der Waals surface area contributed by atoms with Gasteiger partial charge in [0.1, 0.15) is 0 Å². The first-order chi connectivity index (χ1) is 18.2. The molecule has 0 radical (unpaired) electrons. The van der Waals surface area contributed by atoms with E-state index in [4.69, 9.17) is 0 Å². The van der Waals surface area contributed by atoms with Gasteiger partial charge in [-0.1, -0.05) is 33.6 Å².